The lowest BCUT2D eigenvalue weighted by atomic mass is 9.79. The minimum absolute atomic E-state index is 0.00177. The Morgan fingerprint density at radius 2 is 1.64 bits per heavy atom. The molecule has 33 heavy (non-hydrogen) atoms. The number of hydrogen-bond acceptors (Lipinski definition) is 6. The molecule has 2 N–H and O–H groups in total. The van der Waals surface area contributed by atoms with Crippen LogP contribution in [-0.2, 0) is 19.9 Å². The summed E-state index contributed by atoms with van der Waals surface area (Å²) >= 11 is 0. The molecule has 3 fully saturated rings. The molecule has 0 aromatic heterocycles. The van der Waals surface area contributed by atoms with E-state index in [0.29, 0.717) is 12.1 Å². The number of carbonyl (C=O) groups excluding carboxylic acids is 1. The van der Waals surface area contributed by atoms with Crippen LogP contribution in [0.25, 0.3) is 0 Å². The van der Waals surface area contributed by atoms with Crippen molar-refractivity contribution in [2.75, 3.05) is 31.1 Å². The van der Waals surface area contributed by atoms with Gasteiger partial charge in [0.1, 0.15) is 0 Å². The molecule has 1 atom stereocenters. The molecular weight excluding hydrogens is 462 g/mol. The maximum atomic E-state index is 12.9. The lowest BCUT2D eigenvalue weighted by Crippen LogP contribution is -2.58. The van der Waals surface area contributed by atoms with Crippen LogP contribution >= 0.6 is 0 Å². The summed E-state index contributed by atoms with van der Waals surface area (Å²) in [5.74, 6) is -0.375. The van der Waals surface area contributed by atoms with Crippen LogP contribution in [-0.4, -0.2) is 70.4 Å². The van der Waals surface area contributed by atoms with E-state index in [2.05, 4.69) is 14.9 Å². The molecule has 1 aliphatic carbocycles. The molecule has 1 aromatic rings. The monoisotopic (exact) mass is 497 g/mol. The van der Waals surface area contributed by atoms with Crippen molar-refractivity contribution in [3.8, 4) is 0 Å². The van der Waals surface area contributed by atoms with Crippen molar-refractivity contribution in [1.82, 2.24) is 14.9 Å². The zero-order valence-electron chi connectivity index (χ0n) is 19.1. The highest BCUT2D eigenvalue weighted by atomic mass is 32.2. The van der Waals surface area contributed by atoms with Crippen molar-refractivity contribution >= 4 is 25.8 Å². The summed E-state index contributed by atoms with van der Waals surface area (Å²) in [4.78, 5) is 15.5. The number of nitrogens with zero attached hydrogens (tertiary/aromatic N) is 1. The van der Waals surface area contributed by atoms with Crippen molar-refractivity contribution in [3.05, 3.63) is 29.8 Å². The van der Waals surface area contributed by atoms with Gasteiger partial charge in [-0.15, -0.1) is 0 Å². The Labute approximate surface area is 197 Å². The fourth-order valence-electron chi connectivity index (χ4n) is 5.49. The Balaban J connectivity index is 1.38. The third-order valence-electron chi connectivity index (χ3n) is 7.37. The molecule has 3 aliphatic rings. The highest BCUT2D eigenvalue weighted by molar-refractivity contribution is 7.92. The van der Waals surface area contributed by atoms with Gasteiger partial charge in [-0.25, -0.2) is 21.6 Å². The van der Waals surface area contributed by atoms with E-state index in [9.17, 15) is 21.6 Å². The van der Waals surface area contributed by atoms with Crippen LogP contribution in [0.5, 0.6) is 0 Å². The van der Waals surface area contributed by atoms with E-state index in [1.807, 2.05) is 0 Å². The van der Waals surface area contributed by atoms with Crippen molar-refractivity contribution in [2.45, 2.75) is 74.3 Å². The van der Waals surface area contributed by atoms with E-state index >= 15 is 0 Å². The Hall–Kier alpha value is -1.49. The first-order chi connectivity index (χ1) is 15.7. The predicted molar refractivity (Wildman–Crippen MR) is 127 cm³/mol. The molecule has 0 radical (unpaired) electrons. The quantitative estimate of drug-likeness (QED) is 0.596. The first kappa shape index (κ1) is 24.6. The van der Waals surface area contributed by atoms with Crippen LogP contribution in [0.15, 0.2) is 29.2 Å². The van der Waals surface area contributed by atoms with Gasteiger partial charge < -0.3 is 5.32 Å². The van der Waals surface area contributed by atoms with Gasteiger partial charge in [0.15, 0.2) is 9.84 Å². The van der Waals surface area contributed by atoms with Gasteiger partial charge >= 0.3 is 0 Å². The van der Waals surface area contributed by atoms with E-state index in [-0.39, 0.29) is 34.3 Å². The first-order valence-corrected chi connectivity index (χ1v) is 15.4. The molecule has 4 rings (SSSR count). The Kier molecular flexibility index (Phi) is 7.47. The summed E-state index contributed by atoms with van der Waals surface area (Å²) in [5.41, 5.74) is 0.449. The second-order valence-corrected chi connectivity index (χ2v) is 13.7. The molecule has 1 saturated carbocycles. The Morgan fingerprint density at radius 3 is 2.24 bits per heavy atom. The summed E-state index contributed by atoms with van der Waals surface area (Å²) in [6, 6.07) is 5.24. The minimum Gasteiger partial charge on any atom is -0.350 e. The molecule has 1 unspecified atom stereocenters. The van der Waals surface area contributed by atoms with Crippen LogP contribution in [0.4, 0.5) is 0 Å². The SMILES string of the molecule is O=C(NCC1(N2CCCCC2)CCCCC1)c1ccc(S(=O)(=O)NC2CCS(=O)(=O)C2)cc1. The smallest absolute Gasteiger partial charge is 0.251 e. The van der Waals surface area contributed by atoms with Gasteiger partial charge in [-0.3, -0.25) is 9.69 Å². The number of amides is 1. The molecule has 1 amide bonds. The first-order valence-electron chi connectivity index (χ1n) is 12.1. The number of sulfonamides is 1. The number of likely N-dealkylation sites (tertiary alicyclic amines) is 1. The van der Waals surface area contributed by atoms with Gasteiger partial charge in [-0.05, 0) is 69.5 Å². The van der Waals surface area contributed by atoms with Crippen LogP contribution in [0.1, 0.15) is 68.1 Å². The lowest BCUT2D eigenvalue weighted by Gasteiger charge is -2.48. The fourth-order valence-corrected chi connectivity index (χ4v) is 8.54. The largest absolute Gasteiger partial charge is 0.350 e. The predicted octanol–water partition coefficient (Wildman–Crippen LogP) is 2.07. The lowest BCUT2D eigenvalue weighted by molar-refractivity contribution is 0.0326. The van der Waals surface area contributed by atoms with Crippen molar-refractivity contribution in [1.29, 1.82) is 0 Å². The normalized spacial score (nSPS) is 25.5. The standard InChI is InChI=1S/C23H35N3O5S2/c27-22(24-18-23(12-3-1-4-13-23)26-14-5-2-6-15-26)19-7-9-21(10-8-19)33(30,31)25-20-11-16-32(28,29)17-20/h7-10,20,25H,1-6,11-18H2,(H,24,27). The third-order valence-corrected chi connectivity index (χ3v) is 10.7. The molecule has 10 heteroatoms. The zero-order valence-corrected chi connectivity index (χ0v) is 20.7. The van der Waals surface area contributed by atoms with Crippen molar-refractivity contribution in [2.24, 2.45) is 0 Å². The second-order valence-electron chi connectivity index (χ2n) is 9.76. The van der Waals surface area contributed by atoms with Gasteiger partial charge in [0.25, 0.3) is 5.91 Å². The second kappa shape index (κ2) is 10.0. The average Bonchev–Trinajstić information content (AvgIpc) is 3.16. The molecule has 2 saturated heterocycles. The van der Waals surface area contributed by atoms with Gasteiger partial charge in [0.2, 0.25) is 10.0 Å². The fraction of sp³-hybridized carbons (Fsp3) is 0.696. The number of nitrogens with one attached hydrogen (secondary N) is 2. The van der Waals surface area contributed by atoms with Gasteiger partial charge in [0, 0.05) is 23.7 Å². The molecule has 2 heterocycles. The molecule has 0 spiro atoms. The molecular formula is C23H35N3O5S2. The van der Waals surface area contributed by atoms with Crippen LogP contribution in [0, 0.1) is 0 Å². The van der Waals surface area contributed by atoms with E-state index in [0.717, 1.165) is 25.9 Å². The Bertz CT molecular complexity index is 1040. The highest BCUT2D eigenvalue weighted by Crippen LogP contribution is 2.35. The third kappa shape index (κ3) is 5.96. The van der Waals surface area contributed by atoms with Crippen LogP contribution < -0.4 is 10.0 Å². The number of sulfone groups is 1. The van der Waals surface area contributed by atoms with Gasteiger partial charge in [-0.1, -0.05) is 25.7 Å². The number of benzene rings is 1. The maximum absolute atomic E-state index is 12.9. The summed E-state index contributed by atoms with van der Waals surface area (Å²) in [6.07, 6.45) is 9.82. The van der Waals surface area contributed by atoms with E-state index in [1.54, 1.807) is 0 Å². The van der Waals surface area contributed by atoms with E-state index in [1.165, 1.54) is 62.8 Å². The molecule has 0 bridgehead atoms. The summed E-state index contributed by atoms with van der Waals surface area (Å²) < 4.78 is 50.9. The van der Waals surface area contributed by atoms with Crippen LogP contribution in [0.2, 0.25) is 0 Å². The summed E-state index contributed by atoms with van der Waals surface area (Å²) in [7, 11) is -7.02. The molecule has 8 nitrogen and oxygen atoms in total. The van der Waals surface area contributed by atoms with Crippen molar-refractivity contribution in [3.63, 3.8) is 0 Å². The van der Waals surface area contributed by atoms with Crippen molar-refractivity contribution < 1.29 is 21.6 Å². The average molecular weight is 498 g/mol. The number of carbonyl (C=O) groups is 1. The molecule has 184 valence electrons. The maximum Gasteiger partial charge on any atom is 0.251 e. The zero-order chi connectivity index (χ0) is 23.5. The van der Waals surface area contributed by atoms with E-state index in [4.69, 9.17) is 0 Å². The topological polar surface area (TPSA) is 113 Å². The number of rotatable bonds is 7. The van der Waals surface area contributed by atoms with Crippen LogP contribution in [0.3, 0.4) is 0 Å². The van der Waals surface area contributed by atoms with Gasteiger partial charge in [-0.2, -0.15) is 0 Å². The summed E-state index contributed by atoms with van der Waals surface area (Å²) in [6.45, 7) is 2.80. The minimum atomic E-state index is -3.84. The van der Waals surface area contributed by atoms with Gasteiger partial charge in [0.05, 0.1) is 16.4 Å². The highest BCUT2D eigenvalue weighted by Gasteiger charge is 2.38. The molecule has 1 aromatic carbocycles. The number of piperidine rings is 1. The van der Waals surface area contributed by atoms with E-state index < -0.39 is 25.9 Å². The molecule has 2 aliphatic heterocycles. The number of hydrogen-bond donors (Lipinski definition) is 2. The Morgan fingerprint density at radius 1 is 1.00 bits per heavy atom. The summed E-state index contributed by atoms with van der Waals surface area (Å²) in [5, 5.41) is 3.12.